The first-order valence-corrected chi connectivity index (χ1v) is 7.34. The van der Waals surface area contributed by atoms with Gasteiger partial charge >= 0.3 is 0 Å². The van der Waals surface area contributed by atoms with Gasteiger partial charge in [0, 0.05) is 22.5 Å². The molecule has 0 radical (unpaired) electrons. The summed E-state index contributed by atoms with van der Waals surface area (Å²) in [6, 6.07) is 0.290. The Morgan fingerprint density at radius 3 is 2.59 bits per heavy atom. The van der Waals surface area contributed by atoms with Crippen LogP contribution in [0.4, 0.5) is 0 Å². The number of nitrogens with one attached hydrogen (secondary N) is 1. The van der Waals surface area contributed by atoms with E-state index in [0.717, 1.165) is 27.9 Å². The van der Waals surface area contributed by atoms with E-state index in [0.29, 0.717) is 6.04 Å². The van der Waals surface area contributed by atoms with E-state index < -0.39 is 0 Å². The average Bonchev–Trinajstić information content (AvgIpc) is 2.83. The molecule has 0 aliphatic heterocycles. The van der Waals surface area contributed by atoms with Crippen LogP contribution in [0.3, 0.4) is 0 Å². The van der Waals surface area contributed by atoms with Gasteiger partial charge in [-0.05, 0) is 27.7 Å². The largest absolute Gasteiger partial charge is 0.302 e. The molecule has 0 fully saturated rings. The van der Waals surface area contributed by atoms with Gasteiger partial charge in [0.15, 0.2) is 0 Å². The van der Waals surface area contributed by atoms with E-state index in [1.807, 2.05) is 6.92 Å². The molecule has 0 amide bonds. The molecular formula is C12H17N3S2. The zero-order valence-corrected chi connectivity index (χ0v) is 12.2. The van der Waals surface area contributed by atoms with Gasteiger partial charge in [0.05, 0.1) is 11.7 Å². The van der Waals surface area contributed by atoms with Gasteiger partial charge in [-0.25, -0.2) is 9.97 Å². The fourth-order valence-electron chi connectivity index (χ4n) is 1.51. The number of hydrogen-bond donors (Lipinski definition) is 1. The maximum Gasteiger partial charge on any atom is 0.110 e. The first kappa shape index (κ1) is 12.7. The van der Waals surface area contributed by atoms with E-state index in [2.05, 4.69) is 41.4 Å². The SMILES string of the molecule is Cc1csc(C(C)NCc2nc(C)c(C)s2)n1. The topological polar surface area (TPSA) is 37.8 Å². The Labute approximate surface area is 110 Å². The van der Waals surface area contributed by atoms with Crippen LogP contribution >= 0.6 is 22.7 Å². The first-order valence-electron chi connectivity index (χ1n) is 5.64. The average molecular weight is 267 g/mol. The highest BCUT2D eigenvalue weighted by Crippen LogP contribution is 2.20. The lowest BCUT2D eigenvalue weighted by atomic mass is 10.3. The Bertz CT molecular complexity index is 482. The van der Waals surface area contributed by atoms with Gasteiger partial charge in [-0.2, -0.15) is 0 Å². The first-order chi connectivity index (χ1) is 8.06. The minimum absolute atomic E-state index is 0.290. The van der Waals surface area contributed by atoms with Crippen LogP contribution in [0.25, 0.3) is 0 Å². The predicted molar refractivity (Wildman–Crippen MR) is 73.7 cm³/mol. The lowest BCUT2D eigenvalue weighted by molar-refractivity contribution is 0.569. The van der Waals surface area contributed by atoms with Gasteiger partial charge in [0.2, 0.25) is 0 Å². The van der Waals surface area contributed by atoms with Crippen LogP contribution in [0.1, 0.15) is 39.2 Å². The molecule has 0 aliphatic carbocycles. The van der Waals surface area contributed by atoms with E-state index >= 15 is 0 Å². The van der Waals surface area contributed by atoms with Crippen LogP contribution in [0, 0.1) is 20.8 Å². The van der Waals surface area contributed by atoms with Crippen molar-refractivity contribution in [1.82, 2.24) is 15.3 Å². The van der Waals surface area contributed by atoms with Crippen molar-refractivity contribution >= 4 is 22.7 Å². The molecule has 0 aliphatic rings. The number of aryl methyl sites for hydroxylation is 3. The van der Waals surface area contributed by atoms with Crippen molar-refractivity contribution in [3.05, 3.63) is 31.7 Å². The lowest BCUT2D eigenvalue weighted by Gasteiger charge is -2.09. The van der Waals surface area contributed by atoms with Crippen molar-refractivity contribution in [3.8, 4) is 0 Å². The zero-order chi connectivity index (χ0) is 12.4. The Balaban J connectivity index is 1.94. The second-order valence-corrected chi connectivity index (χ2v) is 6.36. The Morgan fingerprint density at radius 1 is 1.29 bits per heavy atom. The van der Waals surface area contributed by atoms with E-state index in [1.165, 1.54) is 4.88 Å². The summed E-state index contributed by atoms with van der Waals surface area (Å²) in [6.45, 7) is 9.16. The van der Waals surface area contributed by atoms with E-state index in [1.54, 1.807) is 22.7 Å². The standard InChI is InChI=1S/C12H17N3S2/c1-7-6-16-12(14-7)9(3)13-5-11-15-8(2)10(4)17-11/h6,9,13H,5H2,1-4H3. The molecular weight excluding hydrogens is 250 g/mol. The molecule has 0 saturated heterocycles. The maximum absolute atomic E-state index is 4.52. The van der Waals surface area contributed by atoms with Crippen molar-refractivity contribution in [3.63, 3.8) is 0 Å². The van der Waals surface area contributed by atoms with Crippen molar-refractivity contribution in [2.45, 2.75) is 40.3 Å². The highest BCUT2D eigenvalue weighted by Gasteiger charge is 2.10. The molecule has 1 atom stereocenters. The third kappa shape index (κ3) is 3.12. The molecule has 2 heterocycles. The molecule has 17 heavy (non-hydrogen) atoms. The molecule has 5 heteroatoms. The summed E-state index contributed by atoms with van der Waals surface area (Å²) in [5, 5.41) is 7.85. The lowest BCUT2D eigenvalue weighted by Crippen LogP contribution is -2.17. The number of thiazole rings is 2. The van der Waals surface area contributed by atoms with E-state index in [-0.39, 0.29) is 0 Å². The molecule has 92 valence electrons. The van der Waals surface area contributed by atoms with E-state index in [9.17, 15) is 0 Å². The molecule has 0 spiro atoms. The molecule has 0 saturated carbocycles. The van der Waals surface area contributed by atoms with Crippen LogP contribution in [0.15, 0.2) is 5.38 Å². The van der Waals surface area contributed by atoms with Crippen LogP contribution in [0.5, 0.6) is 0 Å². The Morgan fingerprint density at radius 2 is 2.06 bits per heavy atom. The summed E-state index contributed by atoms with van der Waals surface area (Å²) < 4.78 is 0. The molecule has 1 N–H and O–H groups in total. The molecule has 1 unspecified atom stereocenters. The van der Waals surface area contributed by atoms with Crippen molar-refractivity contribution < 1.29 is 0 Å². The molecule has 3 nitrogen and oxygen atoms in total. The van der Waals surface area contributed by atoms with Crippen molar-refractivity contribution in [2.24, 2.45) is 0 Å². The summed E-state index contributed by atoms with van der Waals surface area (Å²) >= 11 is 3.48. The minimum atomic E-state index is 0.290. The van der Waals surface area contributed by atoms with Crippen molar-refractivity contribution in [2.75, 3.05) is 0 Å². The highest BCUT2D eigenvalue weighted by atomic mass is 32.1. The van der Waals surface area contributed by atoms with Gasteiger partial charge in [0.25, 0.3) is 0 Å². The van der Waals surface area contributed by atoms with Gasteiger partial charge in [-0.1, -0.05) is 0 Å². The van der Waals surface area contributed by atoms with Crippen LogP contribution in [-0.4, -0.2) is 9.97 Å². The van der Waals surface area contributed by atoms with Gasteiger partial charge in [0.1, 0.15) is 10.0 Å². The second-order valence-electron chi connectivity index (χ2n) is 4.18. The van der Waals surface area contributed by atoms with Gasteiger partial charge in [-0.15, -0.1) is 22.7 Å². The Hall–Kier alpha value is -0.780. The highest BCUT2D eigenvalue weighted by molar-refractivity contribution is 7.11. The minimum Gasteiger partial charge on any atom is -0.302 e. The molecule has 0 aromatic carbocycles. The van der Waals surface area contributed by atoms with Gasteiger partial charge < -0.3 is 5.32 Å². The maximum atomic E-state index is 4.52. The monoisotopic (exact) mass is 267 g/mol. The van der Waals surface area contributed by atoms with Crippen LogP contribution < -0.4 is 5.32 Å². The fraction of sp³-hybridized carbons (Fsp3) is 0.500. The number of nitrogens with zero attached hydrogens (tertiary/aromatic N) is 2. The normalized spacial score (nSPS) is 12.9. The third-order valence-electron chi connectivity index (χ3n) is 2.64. The third-order valence-corrected chi connectivity index (χ3v) is 4.86. The van der Waals surface area contributed by atoms with Crippen molar-refractivity contribution in [1.29, 1.82) is 0 Å². The smallest absolute Gasteiger partial charge is 0.110 e. The van der Waals surface area contributed by atoms with Gasteiger partial charge in [-0.3, -0.25) is 0 Å². The quantitative estimate of drug-likeness (QED) is 0.923. The Kier molecular flexibility index (Phi) is 3.91. The fourth-order valence-corrected chi connectivity index (χ4v) is 3.23. The summed E-state index contributed by atoms with van der Waals surface area (Å²) in [5.74, 6) is 0. The number of rotatable bonds is 4. The zero-order valence-electron chi connectivity index (χ0n) is 10.6. The van der Waals surface area contributed by atoms with Crippen LogP contribution in [-0.2, 0) is 6.54 Å². The summed E-state index contributed by atoms with van der Waals surface area (Å²) in [6.07, 6.45) is 0. The number of aromatic nitrogens is 2. The molecule has 2 aromatic heterocycles. The summed E-state index contributed by atoms with van der Waals surface area (Å²) in [7, 11) is 0. The number of hydrogen-bond acceptors (Lipinski definition) is 5. The second kappa shape index (κ2) is 5.25. The summed E-state index contributed by atoms with van der Waals surface area (Å²) in [4.78, 5) is 10.3. The predicted octanol–water partition coefficient (Wildman–Crippen LogP) is 3.38. The molecule has 0 bridgehead atoms. The molecule has 2 aromatic rings. The van der Waals surface area contributed by atoms with E-state index in [4.69, 9.17) is 0 Å². The summed E-state index contributed by atoms with van der Waals surface area (Å²) in [5.41, 5.74) is 2.24. The molecule has 2 rings (SSSR count). The van der Waals surface area contributed by atoms with Crippen LogP contribution in [0.2, 0.25) is 0 Å².